The van der Waals surface area contributed by atoms with E-state index in [2.05, 4.69) is 22.2 Å². The van der Waals surface area contributed by atoms with Gasteiger partial charge in [-0.15, -0.1) is 0 Å². The van der Waals surface area contributed by atoms with Crippen LogP contribution in [0.25, 0.3) is 0 Å². The van der Waals surface area contributed by atoms with E-state index in [4.69, 9.17) is 4.74 Å². The summed E-state index contributed by atoms with van der Waals surface area (Å²) in [6.07, 6.45) is 2.66. The van der Waals surface area contributed by atoms with Crippen LogP contribution in [0.1, 0.15) is 32.5 Å². The van der Waals surface area contributed by atoms with E-state index in [1.54, 1.807) is 0 Å². The third kappa shape index (κ3) is 2.84. The maximum absolute atomic E-state index is 5.39. The summed E-state index contributed by atoms with van der Waals surface area (Å²) in [5.41, 5.74) is 0. The smallest absolute Gasteiger partial charge is 0.218 e. The molecule has 0 saturated heterocycles. The van der Waals surface area contributed by atoms with Gasteiger partial charge in [0.05, 0.1) is 6.61 Å². The zero-order chi connectivity index (χ0) is 11.5. The van der Waals surface area contributed by atoms with Crippen molar-refractivity contribution in [1.82, 2.24) is 9.97 Å². The largest absolute Gasteiger partial charge is 0.478 e. The van der Waals surface area contributed by atoms with Crippen LogP contribution in [0.5, 0.6) is 5.88 Å². The molecule has 0 spiro atoms. The molecule has 1 aliphatic carbocycles. The normalized spacial score (nSPS) is 16.9. The lowest BCUT2D eigenvalue weighted by Crippen LogP contribution is -2.18. The molecule has 4 heteroatoms. The summed E-state index contributed by atoms with van der Waals surface area (Å²) in [5.74, 6) is 3.08. The second-order valence-electron chi connectivity index (χ2n) is 4.34. The predicted molar refractivity (Wildman–Crippen MR) is 63.7 cm³/mol. The number of ether oxygens (including phenoxy) is 1. The average Bonchev–Trinajstić information content (AvgIpc) is 2.99. The Kier molecular flexibility index (Phi) is 3.27. The maximum Gasteiger partial charge on any atom is 0.218 e. The fourth-order valence-corrected chi connectivity index (χ4v) is 1.78. The highest BCUT2D eigenvalue weighted by atomic mass is 16.5. The van der Waals surface area contributed by atoms with E-state index in [0.29, 0.717) is 18.5 Å². The van der Waals surface area contributed by atoms with Crippen LogP contribution in [0.2, 0.25) is 0 Å². The molecule has 88 valence electrons. The number of aryl methyl sites for hydroxylation is 1. The third-order valence-electron chi connectivity index (χ3n) is 2.81. The van der Waals surface area contributed by atoms with Gasteiger partial charge in [-0.1, -0.05) is 0 Å². The number of hydrogen-bond acceptors (Lipinski definition) is 4. The van der Waals surface area contributed by atoms with Gasteiger partial charge >= 0.3 is 0 Å². The molecule has 1 unspecified atom stereocenters. The van der Waals surface area contributed by atoms with Gasteiger partial charge in [0.2, 0.25) is 5.88 Å². The zero-order valence-corrected chi connectivity index (χ0v) is 10.2. The Balaban J connectivity index is 2.06. The molecular formula is C12H19N3O. The highest BCUT2D eigenvalue weighted by Gasteiger charge is 2.28. The fourth-order valence-electron chi connectivity index (χ4n) is 1.78. The molecule has 0 bridgehead atoms. The van der Waals surface area contributed by atoms with Gasteiger partial charge in [0.25, 0.3) is 0 Å². The molecule has 1 aromatic rings. The van der Waals surface area contributed by atoms with Crippen LogP contribution in [-0.4, -0.2) is 22.6 Å². The summed E-state index contributed by atoms with van der Waals surface area (Å²) in [6, 6.07) is 2.36. The minimum absolute atomic E-state index is 0.490. The molecule has 1 saturated carbocycles. The van der Waals surface area contributed by atoms with Crippen molar-refractivity contribution in [3.05, 3.63) is 11.9 Å². The van der Waals surface area contributed by atoms with Gasteiger partial charge in [0.15, 0.2) is 0 Å². The van der Waals surface area contributed by atoms with Crippen LogP contribution >= 0.6 is 0 Å². The quantitative estimate of drug-likeness (QED) is 0.829. The van der Waals surface area contributed by atoms with Gasteiger partial charge in [-0.2, -0.15) is 4.98 Å². The third-order valence-corrected chi connectivity index (χ3v) is 2.81. The summed E-state index contributed by atoms with van der Waals surface area (Å²) in [4.78, 5) is 8.58. The standard InChI is InChI=1S/C12H19N3O/c1-4-16-12-7-11(14-9(3)15-12)13-8(2)10-5-6-10/h7-8,10H,4-6H2,1-3H3,(H,13,14,15). The van der Waals surface area contributed by atoms with Crippen molar-refractivity contribution in [1.29, 1.82) is 0 Å². The van der Waals surface area contributed by atoms with Crippen LogP contribution < -0.4 is 10.1 Å². The van der Waals surface area contributed by atoms with Crippen LogP contribution in [0, 0.1) is 12.8 Å². The highest BCUT2D eigenvalue weighted by molar-refractivity contribution is 5.39. The molecule has 16 heavy (non-hydrogen) atoms. The number of aromatic nitrogens is 2. The zero-order valence-electron chi connectivity index (χ0n) is 10.2. The first-order valence-corrected chi connectivity index (χ1v) is 5.94. The summed E-state index contributed by atoms with van der Waals surface area (Å²) in [5, 5.41) is 3.41. The first kappa shape index (κ1) is 11.2. The Morgan fingerprint density at radius 2 is 2.25 bits per heavy atom. The minimum atomic E-state index is 0.490. The van der Waals surface area contributed by atoms with Gasteiger partial charge in [-0.3, -0.25) is 0 Å². The van der Waals surface area contributed by atoms with E-state index in [0.717, 1.165) is 17.6 Å². The summed E-state index contributed by atoms with van der Waals surface area (Å²) in [6.45, 7) is 6.68. The van der Waals surface area contributed by atoms with Crippen LogP contribution in [0.3, 0.4) is 0 Å². The Labute approximate surface area is 96.4 Å². The van der Waals surface area contributed by atoms with Gasteiger partial charge in [-0.05, 0) is 39.5 Å². The number of nitrogens with one attached hydrogen (secondary N) is 1. The molecule has 1 heterocycles. The monoisotopic (exact) mass is 221 g/mol. The second-order valence-corrected chi connectivity index (χ2v) is 4.34. The predicted octanol–water partition coefficient (Wildman–Crippen LogP) is 2.39. The van der Waals surface area contributed by atoms with Crippen LogP contribution in [0.4, 0.5) is 5.82 Å². The Morgan fingerprint density at radius 3 is 2.88 bits per heavy atom. The molecule has 0 aliphatic heterocycles. The molecule has 1 aromatic heterocycles. The summed E-state index contributed by atoms with van der Waals surface area (Å²) < 4.78 is 5.39. The molecule has 4 nitrogen and oxygen atoms in total. The number of nitrogens with zero attached hydrogens (tertiary/aromatic N) is 2. The van der Waals surface area contributed by atoms with E-state index < -0.39 is 0 Å². The average molecular weight is 221 g/mol. The highest BCUT2D eigenvalue weighted by Crippen LogP contribution is 2.33. The Morgan fingerprint density at radius 1 is 1.50 bits per heavy atom. The van der Waals surface area contributed by atoms with Gasteiger partial charge in [0, 0.05) is 12.1 Å². The van der Waals surface area contributed by atoms with E-state index in [1.807, 2.05) is 19.9 Å². The molecule has 1 aliphatic rings. The molecule has 2 rings (SSSR count). The second kappa shape index (κ2) is 4.68. The lowest BCUT2D eigenvalue weighted by atomic mass is 10.2. The van der Waals surface area contributed by atoms with Gasteiger partial charge < -0.3 is 10.1 Å². The summed E-state index contributed by atoms with van der Waals surface area (Å²) in [7, 11) is 0. The SMILES string of the molecule is CCOc1cc(NC(C)C2CC2)nc(C)n1. The van der Waals surface area contributed by atoms with Crippen LogP contribution in [0.15, 0.2) is 6.07 Å². The number of rotatable bonds is 5. The molecule has 0 amide bonds. The Hall–Kier alpha value is -1.32. The van der Waals surface area contributed by atoms with E-state index >= 15 is 0 Å². The van der Waals surface area contributed by atoms with Crippen molar-refractivity contribution >= 4 is 5.82 Å². The van der Waals surface area contributed by atoms with Crippen molar-refractivity contribution in [2.24, 2.45) is 5.92 Å². The molecule has 1 N–H and O–H groups in total. The van der Waals surface area contributed by atoms with Gasteiger partial charge in [-0.25, -0.2) is 4.98 Å². The van der Waals surface area contributed by atoms with Crippen molar-refractivity contribution < 1.29 is 4.74 Å². The molecular weight excluding hydrogens is 202 g/mol. The fraction of sp³-hybridized carbons (Fsp3) is 0.667. The summed E-state index contributed by atoms with van der Waals surface area (Å²) >= 11 is 0. The lowest BCUT2D eigenvalue weighted by Gasteiger charge is -2.14. The first-order chi connectivity index (χ1) is 7.69. The van der Waals surface area contributed by atoms with Gasteiger partial charge in [0.1, 0.15) is 11.6 Å². The Bertz CT molecular complexity index is 363. The molecule has 1 fully saturated rings. The maximum atomic E-state index is 5.39. The van der Waals surface area contributed by atoms with E-state index in [9.17, 15) is 0 Å². The number of anilines is 1. The topological polar surface area (TPSA) is 47.0 Å². The minimum Gasteiger partial charge on any atom is -0.478 e. The van der Waals surface area contributed by atoms with Crippen molar-refractivity contribution in [3.63, 3.8) is 0 Å². The van der Waals surface area contributed by atoms with E-state index in [-0.39, 0.29) is 0 Å². The van der Waals surface area contributed by atoms with Crippen molar-refractivity contribution in [2.75, 3.05) is 11.9 Å². The van der Waals surface area contributed by atoms with Crippen molar-refractivity contribution in [2.45, 2.75) is 39.7 Å². The number of hydrogen-bond donors (Lipinski definition) is 1. The van der Waals surface area contributed by atoms with Crippen molar-refractivity contribution in [3.8, 4) is 5.88 Å². The molecule has 0 radical (unpaired) electrons. The van der Waals surface area contributed by atoms with Crippen LogP contribution in [-0.2, 0) is 0 Å². The van der Waals surface area contributed by atoms with E-state index in [1.165, 1.54) is 12.8 Å². The molecule has 0 aromatic carbocycles. The first-order valence-electron chi connectivity index (χ1n) is 5.94. The molecule has 1 atom stereocenters. The lowest BCUT2D eigenvalue weighted by molar-refractivity contribution is 0.325.